The lowest BCUT2D eigenvalue weighted by Gasteiger charge is -2.37. The molecule has 0 aliphatic carbocycles. The van der Waals surface area contributed by atoms with E-state index in [9.17, 15) is 19.5 Å². The van der Waals surface area contributed by atoms with E-state index in [1.165, 1.54) is 4.90 Å². The molecular formula is C48H45ClN4O8. The highest BCUT2D eigenvalue weighted by atomic mass is 35.5. The summed E-state index contributed by atoms with van der Waals surface area (Å²) in [5, 5.41) is 13.7. The number of hydrogen-bond donors (Lipinski definition) is 2. The van der Waals surface area contributed by atoms with Crippen molar-refractivity contribution < 1.29 is 38.1 Å². The van der Waals surface area contributed by atoms with Crippen molar-refractivity contribution in [3.8, 4) is 28.4 Å². The van der Waals surface area contributed by atoms with Crippen LogP contribution in [0.2, 0.25) is 5.02 Å². The number of amides is 2. The quantitative estimate of drug-likeness (QED) is 0.124. The third kappa shape index (κ3) is 9.09. The molecule has 8 rings (SSSR count). The fourth-order valence-corrected chi connectivity index (χ4v) is 7.95. The van der Waals surface area contributed by atoms with Gasteiger partial charge in [0.15, 0.2) is 29.2 Å². The van der Waals surface area contributed by atoms with E-state index in [0.717, 1.165) is 62.4 Å². The van der Waals surface area contributed by atoms with Crippen molar-refractivity contribution in [1.82, 2.24) is 20.2 Å². The molecule has 4 aromatic carbocycles. The number of halogens is 1. The smallest absolute Gasteiger partial charge is 0.326 e. The number of fused-ring (bicyclic) bond motifs is 2. The molecule has 0 fully saturated rings. The van der Waals surface area contributed by atoms with Crippen LogP contribution in [-0.2, 0) is 35.4 Å². The highest BCUT2D eigenvalue weighted by molar-refractivity contribution is 6.30. The second-order valence-corrected chi connectivity index (χ2v) is 15.9. The number of carbonyl (C=O) groups is 3. The fourth-order valence-electron chi connectivity index (χ4n) is 7.82. The van der Waals surface area contributed by atoms with E-state index in [1.807, 2.05) is 105 Å². The van der Waals surface area contributed by atoms with Gasteiger partial charge in [-0.15, -0.1) is 0 Å². The van der Waals surface area contributed by atoms with E-state index in [4.69, 9.17) is 30.2 Å². The number of carbonyl (C=O) groups excluding carboxylic acids is 2. The topological polar surface area (TPSA) is 153 Å². The van der Waals surface area contributed by atoms with Crippen molar-refractivity contribution in [3.63, 3.8) is 0 Å². The van der Waals surface area contributed by atoms with Crippen LogP contribution in [0.5, 0.6) is 17.2 Å². The number of nitrogens with one attached hydrogen (secondary N) is 1. The van der Waals surface area contributed by atoms with Crippen molar-refractivity contribution in [3.05, 3.63) is 159 Å². The molecule has 2 N–H and O–H groups in total. The maximum atomic E-state index is 14.2. The molecule has 4 heterocycles. The lowest BCUT2D eigenvalue weighted by molar-refractivity contribution is -0.142. The van der Waals surface area contributed by atoms with E-state index < -0.39 is 36.0 Å². The van der Waals surface area contributed by atoms with E-state index >= 15 is 0 Å². The minimum absolute atomic E-state index is 0.0358. The third-order valence-electron chi connectivity index (χ3n) is 11.3. The van der Waals surface area contributed by atoms with Crippen LogP contribution in [0.1, 0.15) is 67.3 Å². The number of carboxylic acids is 1. The van der Waals surface area contributed by atoms with Gasteiger partial charge in [-0.25, -0.2) is 9.78 Å². The molecule has 2 aromatic heterocycles. The number of hydrogen-bond acceptors (Lipinski definition) is 9. The van der Waals surface area contributed by atoms with Crippen molar-refractivity contribution in [1.29, 1.82) is 0 Å². The zero-order valence-electron chi connectivity index (χ0n) is 34.2. The zero-order chi connectivity index (χ0) is 42.8. The Kier molecular flexibility index (Phi) is 11.8. The molecule has 13 heteroatoms. The highest BCUT2D eigenvalue weighted by Gasteiger charge is 2.39. The predicted octanol–water partition coefficient (Wildman–Crippen LogP) is 8.14. The van der Waals surface area contributed by atoms with Gasteiger partial charge in [0.05, 0.1) is 6.61 Å². The summed E-state index contributed by atoms with van der Waals surface area (Å²) in [4.78, 5) is 51.1. The molecule has 0 spiro atoms. The number of carboxylic acid groups (broad SMARTS) is 1. The molecule has 2 aliphatic heterocycles. The lowest BCUT2D eigenvalue weighted by Crippen LogP contribution is -2.56. The van der Waals surface area contributed by atoms with E-state index in [-0.39, 0.29) is 31.7 Å². The predicted molar refractivity (Wildman–Crippen MR) is 228 cm³/mol. The van der Waals surface area contributed by atoms with Gasteiger partial charge in [-0.2, -0.15) is 0 Å². The molecule has 312 valence electrons. The van der Waals surface area contributed by atoms with Gasteiger partial charge in [0.1, 0.15) is 30.2 Å². The van der Waals surface area contributed by atoms with Gasteiger partial charge in [0.25, 0.3) is 5.91 Å². The number of oxazole rings is 1. The molecule has 6 aromatic rings. The first kappa shape index (κ1) is 41.1. The summed E-state index contributed by atoms with van der Waals surface area (Å²) in [5.41, 5.74) is 8.41. The van der Waals surface area contributed by atoms with Crippen LogP contribution in [0.15, 0.2) is 102 Å². The van der Waals surface area contributed by atoms with Crippen LogP contribution in [0.4, 0.5) is 0 Å². The van der Waals surface area contributed by atoms with Crippen molar-refractivity contribution >= 4 is 29.4 Å². The Morgan fingerprint density at radius 3 is 2.34 bits per heavy atom. The second kappa shape index (κ2) is 17.5. The molecular weight excluding hydrogens is 796 g/mol. The number of nitrogens with zero attached hydrogens (tertiary/aromatic N) is 3. The van der Waals surface area contributed by atoms with Crippen LogP contribution >= 0.6 is 11.6 Å². The highest BCUT2D eigenvalue weighted by Crippen LogP contribution is 2.41. The fraction of sp³-hybridized carbons (Fsp3) is 0.271. The molecule has 3 atom stereocenters. The normalized spacial score (nSPS) is 16.0. The average molecular weight is 841 g/mol. The zero-order valence-corrected chi connectivity index (χ0v) is 35.0. The standard InChI is InChI=1S/C48H45ClN4O8/c1-27-28(2)50-19-17-39(27)33-9-5-32(6-10-33)21-40(48(56)57)52-46(54)41-22-35-23-42-43(24-36(35)25-53(41)47(55)45-29(3)60-30(4)51-45)61-44(26-59-42)34-11-15-38(16-12-34)58-20-18-31-7-13-37(49)14-8-31/h5-17,19,23-24,40-41,44H,18,20-22,25-26H2,1-4H3,(H,52,54)(H,56,57)/t40?,41-,44+/m0/s1. The van der Waals surface area contributed by atoms with Crippen molar-refractivity contribution in [2.75, 3.05) is 13.2 Å². The van der Waals surface area contributed by atoms with Crippen LogP contribution in [0.3, 0.4) is 0 Å². The summed E-state index contributed by atoms with van der Waals surface area (Å²) in [6.07, 6.45) is 2.25. The monoisotopic (exact) mass is 840 g/mol. The van der Waals surface area contributed by atoms with Gasteiger partial charge in [-0.1, -0.05) is 60.1 Å². The summed E-state index contributed by atoms with van der Waals surface area (Å²) in [6.45, 7) is 8.06. The Bertz CT molecular complexity index is 2590. The van der Waals surface area contributed by atoms with Gasteiger partial charge in [0, 0.05) is 49.6 Å². The molecule has 1 unspecified atom stereocenters. The third-order valence-corrected chi connectivity index (χ3v) is 11.6. The van der Waals surface area contributed by atoms with Crippen molar-refractivity contribution in [2.24, 2.45) is 0 Å². The summed E-state index contributed by atoms with van der Waals surface area (Å²) >= 11 is 6.00. The molecule has 0 saturated carbocycles. The first-order valence-corrected chi connectivity index (χ1v) is 20.5. The maximum absolute atomic E-state index is 14.2. The molecule has 0 radical (unpaired) electrons. The Labute approximate surface area is 358 Å². The molecule has 12 nitrogen and oxygen atoms in total. The number of rotatable bonds is 12. The van der Waals surface area contributed by atoms with E-state index in [1.54, 1.807) is 20.0 Å². The van der Waals surface area contributed by atoms with Gasteiger partial charge in [-0.05, 0) is 108 Å². The van der Waals surface area contributed by atoms with Crippen LogP contribution in [-0.4, -0.2) is 63.1 Å². The van der Waals surface area contributed by atoms with Gasteiger partial charge in [-0.3, -0.25) is 14.6 Å². The molecule has 0 saturated heterocycles. The summed E-state index contributed by atoms with van der Waals surface area (Å²) in [7, 11) is 0. The minimum Gasteiger partial charge on any atom is -0.493 e. The van der Waals surface area contributed by atoms with Gasteiger partial charge in [0.2, 0.25) is 5.91 Å². The van der Waals surface area contributed by atoms with Gasteiger partial charge < -0.3 is 34.0 Å². The summed E-state index contributed by atoms with van der Waals surface area (Å²) in [5.74, 6) is 0.0915. The Morgan fingerprint density at radius 1 is 0.918 bits per heavy atom. The summed E-state index contributed by atoms with van der Waals surface area (Å²) in [6, 6.07) is 26.3. The van der Waals surface area contributed by atoms with Crippen LogP contribution in [0, 0.1) is 27.7 Å². The van der Waals surface area contributed by atoms with Crippen LogP contribution < -0.4 is 19.5 Å². The number of aryl methyl sites for hydroxylation is 3. The average Bonchev–Trinajstić information content (AvgIpc) is 3.60. The molecule has 2 amide bonds. The van der Waals surface area contributed by atoms with Gasteiger partial charge >= 0.3 is 5.97 Å². The largest absolute Gasteiger partial charge is 0.493 e. The van der Waals surface area contributed by atoms with E-state index in [2.05, 4.69) is 15.3 Å². The number of aromatic nitrogens is 2. The first-order chi connectivity index (χ1) is 29.4. The Balaban J connectivity index is 0.980. The first-order valence-electron chi connectivity index (χ1n) is 20.1. The van der Waals surface area contributed by atoms with Crippen LogP contribution in [0.25, 0.3) is 11.1 Å². The van der Waals surface area contributed by atoms with Crippen molar-refractivity contribution in [2.45, 2.75) is 71.7 Å². The number of benzene rings is 4. The SMILES string of the molecule is Cc1nc(C(=O)N2Cc3cc4c(cc3C[C@H]2C(=O)NC(Cc2ccc(-c3ccnc(C)c3C)cc2)C(=O)O)OC[C@H](c2ccc(OCCc3ccc(Cl)cc3)cc2)O4)c(C)o1. The second-order valence-electron chi connectivity index (χ2n) is 15.4. The lowest BCUT2D eigenvalue weighted by atomic mass is 9.91. The summed E-state index contributed by atoms with van der Waals surface area (Å²) < 4.78 is 24.3. The number of ether oxygens (including phenoxy) is 3. The van der Waals surface area contributed by atoms with E-state index in [0.29, 0.717) is 34.8 Å². The Hall–Kier alpha value is -6.66. The maximum Gasteiger partial charge on any atom is 0.326 e. The number of aliphatic carboxylic acids is 1. The molecule has 0 bridgehead atoms. The molecule has 61 heavy (non-hydrogen) atoms. The number of pyridine rings is 1. The minimum atomic E-state index is -1.26. The molecule has 2 aliphatic rings. The Morgan fingerprint density at radius 2 is 1.64 bits per heavy atom.